The maximum atomic E-state index is 2.83. The van der Waals surface area contributed by atoms with Crippen LogP contribution in [0.1, 0.15) is 40.0 Å². The van der Waals surface area contributed by atoms with Gasteiger partial charge in [-0.2, -0.15) is 0 Å². The van der Waals surface area contributed by atoms with Crippen LogP contribution in [-0.4, -0.2) is 16.3 Å². The van der Waals surface area contributed by atoms with Crippen molar-refractivity contribution < 1.29 is 0 Å². The molecule has 0 saturated carbocycles. The molecule has 0 heterocycles. The normalized spacial score (nSPS) is 16.7. The van der Waals surface area contributed by atoms with Crippen molar-refractivity contribution in [1.82, 2.24) is 0 Å². The molecular formula is C9H19Al. The molecule has 0 N–H and O–H groups in total. The smallest absolute Gasteiger partial charge is 0.115 e. The molecule has 0 rings (SSSR count). The van der Waals surface area contributed by atoms with Gasteiger partial charge >= 0.3 is 0 Å². The van der Waals surface area contributed by atoms with E-state index in [0.717, 1.165) is 11.8 Å². The van der Waals surface area contributed by atoms with Crippen LogP contribution >= 0.6 is 0 Å². The third-order valence-corrected chi connectivity index (χ3v) is 3.10. The Hall–Kier alpha value is 0.532. The zero-order valence-corrected chi connectivity index (χ0v) is 8.72. The van der Waals surface area contributed by atoms with E-state index in [1.807, 2.05) is 0 Å². The first kappa shape index (κ1) is 10.5. The predicted molar refractivity (Wildman–Crippen MR) is 48.4 cm³/mol. The summed E-state index contributed by atoms with van der Waals surface area (Å²) in [5.41, 5.74) is 0. The lowest BCUT2D eigenvalue weighted by molar-refractivity contribution is 0.381. The van der Waals surface area contributed by atoms with Crippen molar-refractivity contribution in [3.63, 3.8) is 0 Å². The SMILES string of the molecule is CCCCC(C)C(C)[CH2][Al]. The third kappa shape index (κ3) is 4.36. The topological polar surface area (TPSA) is 0 Å². The highest BCUT2D eigenvalue weighted by Gasteiger charge is 2.07. The van der Waals surface area contributed by atoms with Crippen LogP contribution in [-0.2, 0) is 0 Å². The number of rotatable bonds is 5. The quantitative estimate of drug-likeness (QED) is 0.534. The largest absolute Gasteiger partial charge is 0.118 e. The van der Waals surface area contributed by atoms with Gasteiger partial charge in [0.15, 0.2) is 0 Å². The van der Waals surface area contributed by atoms with E-state index in [1.54, 1.807) is 0 Å². The molecule has 2 atom stereocenters. The van der Waals surface area contributed by atoms with Crippen LogP contribution in [0.15, 0.2) is 0 Å². The van der Waals surface area contributed by atoms with E-state index in [4.69, 9.17) is 0 Å². The lowest BCUT2D eigenvalue weighted by Gasteiger charge is -2.17. The van der Waals surface area contributed by atoms with Gasteiger partial charge in [0.2, 0.25) is 0 Å². The Morgan fingerprint density at radius 3 is 2.20 bits per heavy atom. The highest BCUT2D eigenvalue weighted by atomic mass is 27.0. The van der Waals surface area contributed by atoms with E-state index in [0.29, 0.717) is 0 Å². The van der Waals surface area contributed by atoms with Crippen molar-refractivity contribution in [2.24, 2.45) is 11.8 Å². The molecule has 0 bridgehead atoms. The van der Waals surface area contributed by atoms with E-state index in [9.17, 15) is 0 Å². The summed E-state index contributed by atoms with van der Waals surface area (Å²) in [4.78, 5) is 0. The van der Waals surface area contributed by atoms with Gasteiger partial charge in [-0.25, -0.2) is 0 Å². The maximum Gasteiger partial charge on any atom is 0.118 e. The molecule has 1 heteroatoms. The molecule has 0 aliphatic rings. The Balaban J connectivity index is 3.31. The first-order valence-electron chi connectivity index (χ1n) is 4.42. The minimum absolute atomic E-state index is 0.886. The standard InChI is InChI=1S/C9H19.Al/c1-5-6-7-9(4)8(2)3;/h8-9H,2,5-7H2,1,3-4H3;. The molecule has 58 valence electrons. The van der Waals surface area contributed by atoms with Crippen molar-refractivity contribution in [1.29, 1.82) is 0 Å². The summed E-state index contributed by atoms with van der Waals surface area (Å²) >= 11 is 2.83. The van der Waals surface area contributed by atoms with Crippen molar-refractivity contribution >= 4 is 16.3 Å². The van der Waals surface area contributed by atoms with Crippen LogP contribution in [0.25, 0.3) is 0 Å². The van der Waals surface area contributed by atoms with Crippen LogP contribution in [0, 0.1) is 11.8 Å². The van der Waals surface area contributed by atoms with Crippen LogP contribution in [0.5, 0.6) is 0 Å². The van der Waals surface area contributed by atoms with Gasteiger partial charge in [-0.15, -0.1) is 5.28 Å². The van der Waals surface area contributed by atoms with Gasteiger partial charge in [0.1, 0.15) is 16.3 Å². The van der Waals surface area contributed by atoms with Crippen LogP contribution in [0.2, 0.25) is 5.28 Å². The monoisotopic (exact) mass is 154 g/mol. The Labute approximate surface area is 73.8 Å². The number of hydrogen-bond acceptors (Lipinski definition) is 0. The highest BCUT2D eigenvalue weighted by Crippen LogP contribution is 2.19. The van der Waals surface area contributed by atoms with E-state index in [-0.39, 0.29) is 0 Å². The van der Waals surface area contributed by atoms with Gasteiger partial charge in [-0.05, 0) is 5.92 Å². The molecule has 0 nitrogen and oxygen atoms in total. The summed E-state index contributed by atoms with van der Waals surface area (Å²) in [6.07, 6.45) is 4.15. The van der Waals surface area contributed by atoms with E-state index in [2.05, 4.69) is 37.1 Å². The molecule has 0 amide bonds. The summed E-state index contributed by atoms with van der Waals surface area (Å²) in [7, 11) is 0. The lowest BCUT2D eigenvalue weighted by Crippen LogP contribution is -2.06. The zero-order valence-electron chi connectivity index (χ0n) is 7.56. The fourth-order valence-corrected chi connectivity index (χ4v) is 1.51. The Kier molecular flexibility index (Phi) is 6.59. The fraction of sp³-hybridized carbons (Fsp3) is 1.00. The van der Waals surface area contributed by atoms with Crippen molar-refractivity contribution in [3.8, 4) is 0 Å². The minimum atomic E-state index is 0.886. The van der Waals surface area contributed by atoms with Crippen molar-refractivity contribution in [3.05, 3.63) is 0 Å². The molecular weight excluding hydrogens is 135 g/mol. The second-order valence-corrected chi connectivity index (χ2v) is 3.80. The molecule has 0 aromatic rings. The molecule has 0 aromatic heterocycles. The van der Waals surface area contributed by atoms with Gasteiger partial charge in [-0.1, -0.05) is 46.0 Å². The Morgan fingerprint density at radius 2 is 1.80 bits per heavy atom. The van der Waals surface area contributed by atoms with E-state index >= 15 is 0 Å². The molecule has 0 aromatic carbocycles. The molecule has 2 radical (unpaired) electrons. The van der Waals surface area contributed by atoms with Gasteiger partial charge in [0, 0.05) is 0 Å². The molecule has 10 heavy (non-hydrogen) atoms. The Morgan fingerprint density at radius 1 is 1.20 bits per heavy atom. The van der Waals surface area contributed by atoms with E-state index in [1.165, 1.54) is 24.5 Å². The first-order valence-corrected chi connectivity index (χ1v) is 5.24. The average molecular weight is 154 g/mol. The maximum absolute atomic E-state index is 2.83. The average Bonchev–Trinajstić information content (AvgIpc) is 1.98. The molecule has 0 aliphatic heterocycles. The lowest BCUT2D eigenvalue weighted by atomic mass is 9.92. The molecule has 0 saturated heterocycles. The van der Waals surface area contributed by atoms with Gasteiger partial charge in [0.05, 0.1) is 0 Å². The second kappa shape index (κ2) is 6.26. The van der Waals surface area contributed by atoms with E-state index < -0.39 is 0 Å². The summed E-state index contributed by atoms with van der Waals surface area (Å²) in [5, 5.41) is 1.25. The Bertz CT molecular complexity index is 71.1. The summed E-state index contributed by atoms with van der Waals surface area (Å²) < 4.78 is 0. The van der Waals surface area contributed by atoms with Gasteiger partial charge in [-0.3, -0.25) is 0 Å². The second-order valence-electron chi connectivity index (χ2n) is 3.33. The number of hydrogen-bond donors (Lipinski definition) is 0. The summed E-state index contributed by atoms with van der Waals surface area (Å²) in [6, 6.07) is 0. The molecule has 2 unspecified atom stereocenters. The van der Waals surface area contributed by atoms with Gasteiger partial charge < -0.3 is 0 Å². The van der Waals surface area contributed by atoms with Crippen LogP contribution < -0.4 is 0 Å². The molecule has 0 aliphatic carbocycles. The highest BCUT2D eigenvalue weighted by molar-refractivity contribution is 6.08. The third-order valence-electron chi connectivity index (χ3n) is 2.36. The minimum Gasteiger partial charge on any atom is -0.115 e. The van der Waals surface area contributed by atoms with Crippen LogP contribution in [0.4, 0.5) is 0 Å². The van der Waals surface area contributed by atoms with Crippen LogP contribution in [0.3, 0.4) is 0 Å². The van der Waals surface area contributed by atoms with Crippen molar-refractivity contribution in [2.75, 3.05) is 0 Å². The van der Waals surface area contributed by atoms with Crippen molar-refractivity contribution in [2.45, 2.75) is 45.3 Å². The fourth-order valence-electron chi connectivity index (χ4n) is 1.04. The van der Waals surface area contributed by atoms with Gasteiger partial charge in [0.25, 0.3) is 0 Å². The molecule has 0 spiro atoms. The zero-order chi connectivity index (χ0) is 7.98. The predicted octanol–water partition coefficient (Wildman–Crippen LogP) is 3.04. The molecule has 0 fully saturated rings. The first-order chi connectivity index (χ1) is 4.72. The summed E-state index contributed by atoms with van der Waals surface area (Å²) in [6.45, 7) is 6.97. The number of unbranched alkanes of at least 4 members (excludes halogenated alkanes) is 1. The summed E-state index contributed by atoms with van der Waals surface area (Å²) in [5.74, 6) is 1.80.